The van der Waals surface area contributed by atoms with Crippen LogP contribution in [0.25, 0.3) is 10.7 Å². The van der Waals surface area contributed by atoms with Crippen molar-refractivity contribution in [3.05, 3.63) is 58.2 Å². The lowest BCUT2D eigenvalue weighted by Crippen LogP contribution is -3.13. The average Bonchev–Trinajstić information content (AvgIpc) is 3.27. The molecule has 0 spiro atoms. The van der Waals surface area contributed by atoms with Gasteiger partial charge in [-0.15, -0.1) is 16.4 Å². The van der Waals surface area contributed by atoms with Crippen LogP contribution in [0.1, 0.15) is 18.4 Å². The first-order chi connectivity index (χ1) is 12.7. The Kier molecular flexibility index (Phi) is 5.31. The van der Waals surface area contributed by atoms with Crippen molar-refractivity contribution in [3.8, 4) is 10.7 Å². The Labute approximate surface area is 162 Å². The standard InChI is InChI=1S/C19H22N4OS2/c24-16-8-4-10-21(13-16)14-23-19(25)22(12-15-6-2-1-3-7-15)18(20-23)17-9-5-11-26-17/h1-3,5-7,9,11,16,24H,4,8,10,12-14H2/p+1/t16-/m1/s1. The predicted octanol–water partition coefficient (Wildman–Crippen LogP) is 2.19. The van der Waals surface area contributed by atoms with Gasteiger partial charge in [-0.2, -0.15) is 4.68 Å². The molecule has 3 aromatic rings. The molecular formula is C19H23N4OS2+. The normalized spacial score (nSPS) is 20.3. The highest BCUT2D eigenvalue weighted by molar-refractivity contribution is 7.71. The van der Waals surface area contributed by atoms with Crippen LogP contribution in [-0.4, -0.2) is 38.6 Å². The van der Waals surface area contributed by atoms with Crippen LogP contribution in [-0.2, 0) is 13.2 Å². The van der Waals surface area contributed by atoms with Crippen molar-refractivity contribution in [2.24, 2.45) is 0 Å². The van der Waals surface area contributed by atoms with Gasteiger partial charge in [-0.3, -0.25) is 4.57 Å². The minimum absolute atomic E-state index is 0.212. The maximum absolute atomic E-state index is 9.95. The van der Waals surface area contributed by atoms with Gasteiger partial charge in [-0.1, -0.05) is 36.4 Å². The van der Waals surface area contributed by atoms with Crippen LogP contribution >= 0.6 is 23.6 Å². The summed E-state index contributed by atoms with van der Waals surface area (Å²) < 4.78 is 4.79. The molecule has 5 nitrogen and oxygen atoms in total. The van der Waals surface area contributed by atoms with Crippen LogP contribution in [0.3, 0.4) is 0 Å². The Bertz CT molecular complexity index is 902. The van der Waals surface area contributed by atoms with E-state index in [0.717, 1.165) is 41.4 Å². The Balaban J connectivity index is 1.67. The SMILES string of the molecule is O[C@@H]1CCC[NH+](Cn2nc(-c3cccs3)n(Cc3ccccc3)c2=S)C1. The van der Waals surface area contributed by atoms with Gasteiger partial charge in [-0.05, 0) is 42.1 Å². The third-order valence-electron chi connectivity index (χ3n) is 4.81. The number of thiophene rings is 1. The molecule has 7 heteroatoms. The fourth-order valence-electron chi connectivity index (χ4n) is 3.52. The summed E-state index contributed by atoms with van der Waals surface area (Å²) in [5.41, 5.74) is 1.21. The predicted molar refractivity (Wildman–Crippen MR) is 106 cm³/mol. The van der Waals surface area contributed by atoms with E-state index in [9.17, 15) is 5.11 Å². The van der Waals surface area contributed by atoms with E-state index in [0.29, 0.717) is 13.2 Å². The van der Waals surface area contributed by atoms with E-state index in [1.165, 1.54) is 10.5 Å². The van der Waals surface area contributed by atoms with Crippen molar-refractivity contribution < 1.29 is 10.0 Å². The summed E-state index contributed by atoms with van der Waals surface area (Å²) in [6.45, 7) is 3.24. The minimum Gasteiger partial charge on any atom is -0.387 e. The minimum atomic E-state index is -0.212. The highest BCUT2D eigenvalue weighted by Crippen LogP contribution is 2.24. The van der Waals surface area contributed by atoms with Gasteiger partial charge in [0.05, 0.1) is 18.0 Å². The molecule has 0 saturated carbocycles. The number of rotatable bonds is 5. The Morgan fingerprint density at radius 1 is 1.23 bits per heavy atom. The van der Waals surface area contributed by atoms with E-state index in [1.807, 2.05) is 28.9 Å². The van der Waals surface area contributed by atoms with Crippen LogP contribution in [0.15, 0.2) is 47.8 Å². The second-order valence-corrected chi connectivity index (χ2v) is 8.13. The van der Waals surface area contributed by atoms with Crippen LogP contribution in [0.4, 0.5) is 0 Å². The monoisotopic (exact) mass is 387 g/mol. The van der Waals surface area contributed by atoms with Crippen molar-refractivity contribution in [2.75, 3.05) is 13.1 Å². The zero-order chi connectivity index (χ0) is 17.9. The van der Waals surface area contributed by atoms with Crippen LogP contribution < -0.4 is 4.90 Å². The fraction of sp³-hybridized carbons (Fsp3) is 0.368. The van der Waals surface area contributed by atoms with Crippen molar-refractivity contribution in [3.63, 3.8) is 0 Å². The van der Waals surface area contributed by atoms with Crippen molar-refractivity contribution in [1.29, 1.82) is 0 Å². The second-order valence-electron chi connectivity index (χ2n) is 6.81. The lowest BCUT2D eigenvalue weighted by Gasteiger charge is -2.26. The number of aliphatic hydroxyl groups excluding tert-OH is 1. The molecule has 2 aromatic heterocycles. The molecular weight excluding hydrogens is 364 g/mol. The fourth-order valence-corrected chi connectivity index (χ4v) is 4.49. The number of benzene rings is 1. The van der Waals surface area contributed by atoms with E-state index in [-0.39, 0.29) is 6.10 Å². The molecule has 2 N–H and O–H groups in total. The lowest BCUT2D eigenvalue weighted by molar-refractivity contribution is -0.931. The molecule has 26 heavy (non-hydrogen) atoms. The molecule has 3 heterocycles. The molecule has 4 rings (SSSR count). The number of hydrogen-bond acceptors (Lipinski definition) is 4. The lowest BCUT2D eigenvalue weighted by atomic mass is 10.1. The molecule has 0 radical (unpaired) electrons. The average molecular weight is 388 g/mol. The number of aromatic nitrogens is 3. The smallest absolute Gasteiger partial charge is 0.203 e. The molecule has 1 aliphatic rings. The van der Waals surface area contributed by atoms with Gasteiger partial charge in [0.15, 0.2) is 12.5 Å². The molecule has 2 atom stereocenters. The maximum Gasteiger partial charge on any atom is 0.203 e. The quantitative estimate of drug-likeness (QED) is 0.660. The molecule has 1 unspecified atom stereocenters. The first-order valence-corrected chi connectivity index (χ1v) is 10.3. The molecule has 0 bridgehead atoms. The molecule has 0 amide bonds. The van der Waals surface area contributed by atoms with Crippen molar-refractivity contribution in [1.82, 2.24) is 14.3 Å². The van der Waals surface area contributed by atoms with Crippen LogP contribution in [0.5, 0.6) is 0 Å². The van der Waals surface area contributed by atoms with Gasteiger partial charge in [0.2, 0.25) is 4.77 Å². The van der Waals surface area contributed by atoms with Gasteiger partial charge in [0, 0.05) is 0 Å². The van der Waals surface area contributed by atoms with E-state index in [4.69, 9.17) is 17.3 Å². The molecule has 1 aromatic carbocycles. The number of quaternary nitrogens is 1. The van der Waals surface area contributed by atoms with Gasteiger partial charge < -0.3 is 10.0 Å². The van der Waals surface area contributed by atoms with Gasteiger partial charge >= 0.3 is 0 Å². The summed E-state index contributed by atoms with van der Waals surface area (Å²) in [5.74, 6) is 0.922. The summed E-state index contributed by atoms with van der Waals surface area (Å²) in [6, 6.07) is 14.5. The summed E-state index contributed by atoms with van der Waals surface area (Å²) >= 11 is 7.46. The highest BCUT2D eigenvalue weighted by atomic mass is 32.1. The Morgan fingerprint density at radius 2 is 2.08 bits per heavy atom. The number of hydrogen-bond donors (Lipinski definition) is 2. The van der Waals surface area contributed by atoms with E-state index < -0.39 is 0 Å². The molecule has 1 fully saturated rings. The zero-order valence-corrected chi connectivity index (χ0v) is 16.2. The number of aliphatic hydroxyl groups is 1. The molecule has 0 aliphatic carbocycles. The number of piperidine rings is 1. The number of nitrogens with zero attached hydrogens (tertiary/aromatic N) is 3. The number of likely N-dealkylation sites (tertiary alicyclic amines) is 1. The zero-order valence-electron chi connectivity index (χ0n) is 14.5. The molecule has 1 aliphatic heterocycles. The number of nitrogens with one attached hydrogen (secondary N) is 1. The van der Waals surface area contributed by atoms with Gasteiger partial charge in [0.25, 0.3) is 0 Å². The topological polar surface area (TPSA) is 47.4 Å². The first-order valence-electron chi connectivity index (χ1n) is 8.98. The summed E-state index contributed by atoms with van der Waals surface area (Å²) in [4.78, 5) is 2.46. The summed E-state index contributed by atoms with van der Waals surface area (Å²) in [6.07, 6.45) is 1.74. The second kappa shape index (κ2) is 7.84. The van der Waals surface area contributed by atoms with Gasteiger partial charge in [-0.25, -0.2) is 0 Å². The van der Waals surface area contributed by atoms with Crippen LogP contribution in [0, 0.1) is 4.77 Å². The Morgan fingerprint density at radius 3 is 2.81 bits per heavy atom. The maximum atomic E-state index is 9.95. The van der Waals surface area contributed by atoms with Crippen LogP contribution in [0.2, 0.25) is 0 Å². The van der Waals surface area contributed by atoms with E-state index in [1.54, 1.807) is 11.3 Å². The Hall–Kier alpha value is -1.80. The third kappa shape index (κ3) is 3.81. The van der Waals surface area contributed by atoms with Crippen molar-refractivity contribution >= 4 is 23.6 Å². The van der Waals surface area contributed by atoms with E-state index in [2.05, 4.69) is 28.1 Å². The van der Waals surface area contributed by atoms with Gasteiger partial charge in [0.1, 0.15) is 12.6 Å². The molecule has 1 saturated heterocycles. The highest BCUT2D eigenvalue weighted by Gasteiger charge is 2.23. The largest absolute Gasteiger partial charge is 0.387 e. The van der Waals surface area contributed by atoms with E-state index >= 15 is 0 Å². The first kappa shape index (κ1) is 17.6. The molecule has 136 valence electrons. The third-order valence-corrected chi connectivity index (χ3v) is 6.11. The summed E-state index contributed by atoms with van der Waals surface area (Å²) in [7, 11) is 0. The summed E-state index contributed by atoms with van der Waals surface area (Å²) in [5, 5.41) is 16.9. The van der Waals surface area contributed by atoms with Crippen molar-refractivity contribution in [2.45, 2.75) is 32.2 Å².